The van der Waals surface area contributed by atoms with E-state index in [9.17, 15) is 18.7 Å². The first-order chi connectivity index (χ1) is 6.93. The molecule has 0 aliphatic heterocycles. The molecule has 0 amide bonds. The molecule has 0 bridgehead atoms. The molecule has 1 rings (SSSR count). The molecule has 82 valence electrons. The minimum Gasteiger partial charge on any atom is -0.508 e. The third-order valence-corrected chi connectivity index (χ3v) is 2.14. The lowest BCUT2D eigenvalue weighted by molar-refractivity contribution is -0.138. The van der Waals surface area contributed by atoms with E-state index in [1.165, 1.54) is 6.92 Å². The van der Waals surface area contributed by atoms with Gasteiger partial charge in [0, 0.05) is 11.1 Å². The van der Waals surface area contributed by atoms with Crippen molar-refractivity contribution in [2.24, 2.45) is 0 Å². The summed E-state index contributed by atoms with van der Waals surface area (Å²) >= 11 is 0. The summed E-state index contributed by atoms with van der Waals surface area (Å²) in [6, 6.07) is 3.16. The summed E-state index contributed by atoms with van der Waals surface area (Å²) in [6.07, 6.45) is -2.68. The molecule has 1 aromatic carbocycles. The number of carboxylic acids is 1. The first kappa shape index (κ1) is 11.4. The molecular formula is C10H10F2O3. The summed E-state index contributed by atoms with van der Waals surface area (Å²) in [7, 11) is 0. The van der Waals surface area contributed by atoms with Gasteiger partial charge in [0.2, 0.25) is 0 Å². The lowest BCUT2D eigenvalue weighted by Gasteiger charge is -2.10. The Balaban J connectivity index is 3.16. The summed E-state index contributed by atoms with van der Waals surface area (Å²) in [5.74, 6) is -2.46. The predicted octanol–water partition coefficient (Wildman–Crippen LogP) is 2.52. The highest BCUT2D eigenvalue weighted by Crippen LogP contribution is 2.30. The van der Waals surface area contributed by atoms with Crippen molar-refractivity contribution < 1.29 is 23.8 Å². The second-order valence-electron chi connectivity index (χ2n) is 3.18. The average Bonchev–Trinajstić information content (AvgIpc) is 2.16. The molecule has 3 nitrogen and oxygen atoms in total. The van der Waals surface area contributed by atoms with E-state index in [1.807, 2.05) is 0 Å². The van der Waals surface area contributed by atoms with Gasteiger partial charge in [-0.15, -0.1) is 0 Å². The number of hydrogen-bond acceptors (Lipinski definition) is 2. The molecule has 1 atom stereocenters. The van der Waals surface area contributed by atoms with Crippen LogP contribution in [-0.4, -0.2) is 16.2 Å². The van der Waals surface area contributed by atoms with Crippen molar-refractivity contribution in [3.8, 4) is 5.75 Å². The van der Waals surface area contributed by atoms with E-state index in [2.05, 4.69) is 0 Å². The minimum absolute atomic E-state index is 0.000278. The standard InChI is InChI=1S/C10H10F2O3/c1-5(10(14)15)7-4-6(9(11)12)2-3-8(7)13/h2-5,9,13H,1H3,(H,14,15). The molecule has 0 heterocycles. The van der Waals surface area contributed by atoms with Crippen LogP contribution in [-0.2, 0) is 4.79 Å². The highest BCUT2D eigenvalue weighted by atomic mass is 19.3. The van der Waals surface area contributed by atoms with Crippen molar-refractivity contribution in [2.45, 2.75) is 19.3 Å². The lowest BCUT2D eigenvalue weighted by atomic mass is 9.98. The maximum atomic E-state index is 12.3. The molecule has 0 fully saturated rings. The quantitative estimate of drug-likeness (QED) is 0.816. The normalized spacial score (nSPS) is 12.8. The Morgan fingerprint density at radius 3 is 2.47 bits per heavy atom. The number of phenolic OH excluding ortho intramolecular Hbond substituents is 1. The molecule has 0 saturated heterocycles. The highest BCUT2D eigenvalue weighted by Gasteiger charge is 2.19. The van der Waals surface area contributed by atoms with Crippen LogP contribution in [0.3, 0.4) is 0 Å². The maximum absolute atomic E-state index is 12.3. The van der Waals surface area contributed by atoms with E-state index in [1.54, 1.807) is 0 Å². The van der Waals surface area contributed by atoms with Crippen LogP contribution < -0.4 is 0 Å². The van der Waals surface area contributed by atoms with Gasteiger partial charge in [-0.1, -0.05) is 0 Å². The number of rotatable bonds is 3. The summed E-state index contributed by atoms with van der Waals surface area (Å²) in [6.45, 7) is 1.33. The van der Waals surface area contributed by atoms with Crippen molar-refractivity contribution in [1.29, 1.82) is 0 Å². The number of phenols is 1. The van der Waals surface area contributed by atoms with E-state index in [0.29, 0.717) is 0 Å². The van der Waals surface area contributed by atoms with Gasteiger partial charge in [-0.2, -0.15) is 0 Å². The van der Waals surface area contributed by atoms with Crippen LogP contribution in [0.25, 0.3) is 0 Å². The number of aromatic hydroxyl groups is 1. The van der Waals surface area contributed by atoms with Crippen LogP contribution >= 0.6 is 0 Å². The van der Waals surface area contributed by atoms with E-state index in [-0.39, 0.29) is 16.9 Å². The molecule has 0 aliphatic rings. The second kappa shape index (κ2) is 4.25. The molecule has 2 N–H and O–H groups in total. The van der Waals surface area contributed by atoms with Crippen molar-refractivity contribution in [1.82, 2.24) is 0 Å². The summed E-state index contributed by atoms with van der Waals surface area (Å²) in [4.78, 5) is 10.6. The van der Waals surface area contributed by atoms with Gasteiger partial charge in [0.1, 0.15) is 5.75 Å². The lowest BCUT2D eigenvalue weighted by Crippen LogP contribution is -2.08. The van der Waals surface area contributed by atoms with Crippen molar-refractivity contribution >= 4 is 5.97 Å². The Morgan fingerprint density at radius 1 is 1.40 bits per heavy atom. The maximum Gasteiger partial charge on any atom is 0.310 e. The molecule has 0 saturated carbocycles. The Morgan fingerprint density at radius 2 is 2.00 bits per heavy atom. The largest absolute Gasteiger partial charge is 0.508 e. The molecule has 0 spiro atoms. The van der Waals surface area contributed by atoms with Gasteiger partial charge in [-0.25, -0.2) is 8.78 Å². The molecule has 0 aliphatic carbocycles. The molecule has 0 aromatic heterocycles. The highest BCUT2D eigenvalue weighted by molar-refractivity contribution is 5.76. The Kier molecular flexibility index (Phi) is 3.24. The van der Waals surface area contributed by atoms with Gasteiger partial charge in [-0.05, 0) is 25.1 Å². The monoisotopic (exact) mass is 216 g/mol. The van der Waals surface area contributed by atoms with Crippen LogP contribution in [0.5, 0.6) is 5.75 Å². The minimum atomic E-state index is -2.68. The topological polar surface area (TPSA) is 57.5 Å². The van der Waals surface area contributed by atoms with E-state index < -0.39 is 18.3 Å². The van der Waals surface area contributed by atoms with Crippen molar-refractivity contribution in [2.75, 3.05) is 0 Å². The zero-order valence-corrected chi connectivity index (χ0v) is 7.95. The molecule has 1 unspecified atom stereocenters. The van der Waals surface area contributed by atoms with Gasteiger partial charge in [0.05, 0.1) is 5.92 Å². The van der Waals surface area contributed by atoms with Crippen LogP contribution in [0.1, 0.15) is 30.4 Å². The molecule has 15 heavy (non-hydrogen) atoms. The van der Waals surface area contributed by atoms with Crippen LogP contribution in [0.4, 0.5) is 8.78 Å². The average molecular weight is 216 g/mol. The van der Waals surface area contributed by atoms with Gasteiger partial charge in [0.25, 0.3) is 6.43 Å². The van der Waals surface area contributed by atoms with Gasteiger partial charge >= 0.3 is 5.97 Å². The van der Waals surface area contributed by atoms with E-state index in [4.69, 9.17) is 5.11 Å². The Labute approximate surface area is 85.0 Å². The zero-order valence-electron chi connectivity index (χ0n) is 7.95. The van der Waals surface area contributed by atoms with Gasteiger partial charge < -0.3 is 10.2 Å². The smallest absolute Gasteiger partial charge is 0.310 e. The van der Waals surface area contributed by atoms with Crippen LogP contribution in [0.2, 0.25) is 0 Å². The molecule has 0 radical (unpaired) electrons. The van der Waals surface area contributed by atoms with E-state index >= 15 is 0 Å². The Bertz CT molecular complexity index is 377. The fourth-order valence-corrected chi connectivity index (χ4v) is 1.19. The third-order valence-electron chi connectivity index (χ3n) is 2.14. The summed E-state index contributed by atoms with van der Waals surface area (Å²) in [5.41, 5.74) is -0.295. The Hall–Kier alpha value is -1.65. The van der Waals surface area contributed by atoms with Crippen molar-refractivity contribution in [3.05, 3.63) is 29.3 Å². The first-order valence-corrected chi connectivity index (χ1v) is 4.27. The number of carboxylic acid groups (broad SMARTS) is 1. The summed E-state index contributed by atoms with van der Waals surface area (Å²) < 4.78 is 24.6. The number of benzene rings is 1. The van der Waals surface area contributed by atoms with Crippen LogP contribution in [0.15, 0.2) is 18.2 Å². The van der Waals surface area contributed by atoms with Crippen LogP contribution in [0, 0.1) is 0 Å². The van der Waals surface area contributed by atoms with Gasteiger partial charge in [-0.3, -0.25) is 4.79 Å². The molecule has 5 heteroatoms. The van der Waals surface area contributed by atoms with Gasteiger partial charge in [0.15, 0.2) is 0 Å². The second-order valence-corrected chi connectivity index (χ2v) is 3.18. The fourth-order valence-electron chi connectivity index (χ4n) is 1.19. The summed E-state index contributed by atoms with van der Waals surface area (Å²) in [5, 5.41) is 18.0. The molecule has 1 aromatic rings. The SMILES string of the molecule is CC(C(=O)O)c1cc(C(F)F)ccc1O. The third kappa shape index (κ3) is 2.43. The number of hydrogen-bond donors (Lipinski definition) is 2. The first-order valence-electron chi connectivity index (χ1n) is 4.27. The fraction of sp³-hybridized carbons (Fsp3) is 0.300. The number of carbonyl (C=O) groups is 1. The number of halogens is 2. The van der Waals surface area contributed by atoms with E-state index in [0.717, 1.165) is 18.2 Å². The zero-order chi connectivity index (χ0) is 11.6. The predicted molar refractivity (Wildman–Crippen MR) is 49.1 cm³/mol. The van der Waals surface area contributed by atoms with Crippen molar-refractivity contribution in [3.63, 3.8) is 0 Å². The number of aliphatic carboxylic acids is 1. The number of alkyl halides is 2. The molecular weight excluding hydrogens is 206 g/mol.